The predicted octanol–water partition coefficient (Wildman–Crippen LogP) is 2.34. The molecule has 2 N–H and O–H groups in total. The fraction of sp³-hybridized carbons (Fsp3) is 0.556. The molecule has 1 unspecified atom stereocenters. The normalized spacial score (nSPS) is 16.5. The molecule has 2 rings (SSSR count). The number of carbonyl (C=O) groups excluding carboxylic acids is 2. The topological polar surface area (TPSA) is 69.6 Å². The van der Waals surface area contributed by atoms with Crippen molar-refractivity contribution in [2.45, 2.75) is 45.6 Å². The van der Waals surface area contributed by atoms with Gasteiger partial charge in [-0.15, -0.1) is 0 Å². The third kappa shape index (κ3) is 4.55. The highest BCUT2D eigenvalue weighted by Crippen LogP contribution is 2.21. The molecular formula is C18H26N2O3. The van der Waals surface area contributed by atoms with E-state index in [-0.39, 0.29) is 30.4 Å². The van der Waals surface area contributed by atoms with Crippen molar-refractivity contribution in [1.29, 1.82) is 0 Å². The van der Waals surface area contributed by atoms with Crippen LogP contribution in [0.2, 0.25) is 0 Å². The summed E-state index contributed by atoms with van der Waals surface area (Å²) >= 11 is 0. The van der Waals surface area contributed by atoms with Crippen LogP contribution in [0.5, 0.6) is 0 Å². The average molecular weight is 318 g/mol. The van der Waals surface area contributed by atoms with Crippen LogP contribution in [0.15, 0.2) is 24.3 Å². The quantitative estimate of drug-likeness (QED) is 0.846. The maximum absolute atomic E-state index is 12.3. The minimum atomic E-state index is -0.145. The van der Waals surface area contributed by atoms with Gasteiger partial charge in [-0.3, -0.25) is 9.59 Å². The smallest absolute Gasteiger partial charge is 0.251 e. The lowest BCUT2D eigenvalue weighted by molar-refractivity contribution is -0.119. The average Bonchev–Trinajstić information content (AvgIpc) is 2.55. The molecule has 2 amide bonds. The Morgan fingerprint density at radius 3 is 2.52 bits per heavy atom. The highest BCUT2D eigenvalue weighted by Gasteiger charge is 2.20. The van der Waals surface area contributed by atoms with Crippen molar-refractivity contribution in [2.75, 3.05) is 18.1 Å². The van der Waals surface area contributed by atoms with E-state index in [0.29, 0.717) is 18.4 Å². The number of nitrogens with one attached hydrogen (secondary N) is 1. The summed E-state index contributed by atoms with van der Waals surface area (Å²) in [5, 5.41) is 12.0. The molecular weight excluding hydrogens is 292 g/mol. The Kier molecular flexibility index (Phi) is 6.16. The van der Waals surface area contributed by atoms with Crippen molar-refractivity contribution >= 4 is 17.5 Å². The SMILES string of the molecule is CC(C)C(CCO)NC(=O)c1ccc(N2CCCCC2=O)cc1. The third-order valence-electron chi connectivity index (χ3n) is 4.33. The highest BCUT2D eigenvalue weighted by molar-refractivity contribution is 5.97. The number of carbonyl (C=O) groups is 2. The van der Waals surface area contributed by atoms with Gasteiger partial charge < -0.3 is 15.3 Å². The Hall–Kier alpha value is -1.88. The van der Waals surface area contributed by atoms with Gasteiger partial charge in [0, 0.05) is 36.9 Å². The first-order valence-corrected chi connectivity index (χ1v) is 8.35. The van der Waals surface area contributed by atoms with Crippen LogP contribution >= 0.6 is 0 Å². The van der Waals surface area contributed by atoms with Crippen LogP contribution in [-0.2, 0) is 4.79 Å². The zero-order valence-corrected chi connectivity index (χ0v) is 13.9. The first-order valence-electron chi connectivity index (χ1n) is 8.35. The lowest BCUT2D eigenvalue weighted by Gasteiger charge is -2.27. The molecule has 1 fully saturated rings. The zero-order chi connectivity index (χ0) is 16.8. The molecule has 0 aliphatic carbocycles. The molecule has 126 valence electrons. The summed E-state index contributed by atoms with van der Waals surface area (Å²) < 4.78 is 0. The molecule has 0 bridgehead atoms. The van der Waals surface area contributed by atoms with E-state index in [1.807, 2.05) is 26.0 Å². The summed E-state index contributed by atoms with van der Waals surface area (Å²) in [6.45, 7) is 4.84. The molecule has 5 heteroatoms. The second-order valence-electron chi connectivity index (χ2n) is 6.39. The molecule has 5 nitrogen and oxygen atoms in total. The summed E-state index contributed by atoms with van der Waals surface area (Å²) in [4.78, 5) is 26.0. The third-order valence-corrected chi connectivity index (χ3v) is 4.33. The van der Waals surface area contributed by atoms with Crippen LogP contribution in [-0.4, -0.2) is 36.1 Å². The molecule has 0 radical (unpaired) electrons. The number of hydrogen-bond acceptors (Lipinski definition) is 3. The van der Waals surface area contributed by atoms with Crippen LogP contribution in [0, 0.1) is 5.92 Å². The summed E-state index contributed by atoms with van der Waals surface area (Å²) in [5.41, 5.74) is 1.42. The summed E-state index contributed by atoms with van der Waals surface area (Å²) in [6.07, 6.45) is 3.12. The molecule has 1 saturated heterocycles. The minimum absolute atomic E-state index is 0.0455. The predicted molar refractivity (Wildman–Crippen MR) is 90.4 cm³/mol. The van der Waals surface area contributed by atoms with E-state index in [2.05, 4.69) is 5.32 Å². The van der Waals surface area contributed by atoms with Crippen LogP contribution in [0.4, 0.5) is 5.69 Å². The highest BCUT2D eigenvalue weighted by atomic mass is 16.3. The molecule has 0 aromatic heterocycles. The molecule has 1 heterocycles. The molecule has 1 aliphatic rings. The molecule has 1 aliphatic heterocycles. The van der Waals surface area contributed by atoms with Crippen molar-refractivity contribution in [2.24, 2.45) is 5.92 Å². The number of amides is 2. The van der Waals surface area contributed by atoms with Gasteiger partial charge in [-0.05, 0) is 49.4 Å². The van der Waals surface area contributed by atoms with Gasteiger partial charge in [0.05, 0.1) is 0 Å². The van der Waals surface area contributed by atoms with Gasteiger partial charge in [-0.2, -0.15) is 0 Å². The number of benzene rings is 1. The summed E-state index contributed by atoms with van der Waals surface area (Å²) in [7, 11) is 0. The molecule has 0 saturated carbocycles. The standard InChI is InChI=1S/C18H26N2O3/c1-13(2)16(10-12-21)19-18(23)14-6-8-15(9-7-14)20-11-4-3-5-17(20)22/h6-9,13,16,21H,3-5,10-12H2,1-2H3,(H,19,23). The number of rotatable bonds is 6. The Morgan fingerprint density at radius 1 is 1.26 bits per heavy atom. The zero-order valence-electron chi connectivity index (χ0n) is 13.9. The molecule has 23 heavy (non-hydrogen) atoms. The van der Waals surface area contributed by atoms with Crippen LogP contribution < -0.4 is 10.2 Å². The van der Waals surface area contributed by atoms with Gasteiger partial charge in [0.25, 0.3) is 5.91 Å². The van der Waals surface area contributed by atoms with Gasteiger partial charge in [0.15, 0.2) is 0 Å². The monoisotopic (exact) mass is 318 g/mol. The van der Waals surface area contributed by atoms with Gasteiger partial charge in [-0.25, -0.2) is 0 Å². The lowest BCUT2D eigenvalue weighted by Crippen LogP contribution is -2.39. The summed E-state index contributed by atoms with van der Waals surface area (Å²) in [5.74, 6) is 0.265. The van der Waals surface area contributed by atoms with E-state index in [1.165, 1.54) is 0 Å². The molecule has 0 spiro atoms. The van der Waals surface area contributed by atoms with Crippen LogP contribution in [0.25, 0.3) is 0 Å². The Morgan fingerprint density at radius 2 is 1.96 bits per heavy atom. The van der Waals surface area contributed by atoms with Gasteiger partial charge in [-0.1, -0.05) is 13.8 Å². The molecule has 1 aromatic rings. The molecule has 1 atom stereocenters. The number of anilines is 1. The second kappa shape index (κ2) is 8.11. The van der Waals surface area contributed by atoms with Crippen molar-refractivity contribution in [3.63, 3.8) is 0 Å². The largest absolute Gasteiger partial charge is 0.396 e. The lowest BCUT2D eigenvalue weighted by atomic mass is 10.0. The van der Waals surface area contributed by atoms with Crippen molar-refractivity contribution in [3.8, 4) is 0 Å². The van der Waals surface area contributed by atoms with Crippen LogP contribution in [0.1, 0.15) is 49.9 Å². The number of aliphatic hydroxyl groups excluding tert-OH is 1. The van der Waals surface area contributed by atoms with Crippen molar-refractivity contribution < 1.29 is 14.7 Å². The second-order valence-corrected chi connectivity index (χ2v) is 6.39. The number of hydrogen-bond donors (Lipinski definition) is 2. The van der Waals surface area contributed by atoms with Gasteiger partial charge in [0.2, 0.25) is 5.91 Å². The van der Waals surface area contributed by atoms with Crippen molar-refractivity contribution in [3.05, 3.63) is 29.8 Å². The molecule has 1 aromatic carbocycles. The first kappa shape index (κ1) is 17.5. The Bertz CT molecular complexity index is 540. The Labute approximate surface area is 137 Å². The maximum Gasteiger partial charge on any atom is 0.251 e. The maximum atomic E-state index is 12.3. The number of piperidine rings is 1. The summed E-state index contributed by atoms with van der Waals surface area (Å²) in [6, 6.07) is 7.12. The van der Waals surface area contributed by atoms with E-state index in [1.54, 1.807) is 17.0 Å². The van der Waals surface area contributed by atoms with Gasteiger partial charge in [0.1, 0.15) is 0 Å². The fourth-order valence-corrected chi connectivity index (χ4v) is 2.83. The minimum Gasteiger partial charge on any atom is -0.396 e. The first-order chi connectivity index (χ1) is 11.0. The van der Waals surface area contributed by atoms with Crippen molar-refractivity contribution in [1.82, 2.24) is 5.32 Å². The Balaban J connectivity index is 2.03. The van der Waals surface area contributed by atoms with E-state index in [0.717, 1.165) is 25.1 Å². The van der Waals surface area contributed by atoms with E-state index in [9.17, 15) is 9.59 Å². The number of aliphatic hydroxyl groups is 1. The number of nitrogens with zero attached hydrogens (tertiary/aromatic N) is 1. The van der Waals surface area contributed by atoms with E-state index >= 15 is 0 Å². The van der Waals surface area contributed by atoms with Crippen LogP contribution in [0.3, 0.4) is 0 Å². The van der Waals surface area contributed by atoms with E-state index < -0.39 is 0 Å². The fourth-order valence-electron chi connectivity index (χ4n) is 2.83. The van der Waals surface area contributed by atoms with E-state index in [4.69, 9.17) is 5.11 Å². The van der Waals surface area contributed by atoms with Gasteiger partial charge >= 0.3 is 0 Å².